The third-order valence-electron chi connectivity index (χ3n) is 3.45. The zero-order valence-corrected chi connectivity index (χ0v) is 13.0. The van der Waals surface area contributed by atoms with Crippen LogP contribution in [-0.2, 0) is 10.0 Å². The summed E-state index contributed by atoms with van der Waals surface area (Å²) in [5.74, 6) is 0.0994. The van der Waals surface area contributed by atoms with Gasteiger partial charge in [-0.15, -0.1) is 0 Å². The summed E-state index contributed by atoms with van der Waals surface area (Å²) in [7, 11) is -3.55. The summed E-state index contributed by atoms with van der Waals surface area (Å²) in [6, 6.07) is 14.7. The molecule has 0 heterocycles. The second-order valence-electron chi connectivity index (χ2n) is 5.19. The predicted octanol–water partition coefficient (Wildman–Crippen LogP) is 2.66. The Kier molecular flexibility index (Phi) is 4.65. The highest BCUT2D eigenvalue weighted by Crippen LogP contribution is 2.19. The van der Waals surface area contributed by atoms with E-state index < -0.39 is 10.0 Å². The van der Waals surface area contributed by atoms with Gasteiger partial charge < -0.3 is 5.73 Å². The fraction of sp³-hybridized carbons (Fsp3) is 0.250. The molecule has 0 aliphatic heterocycles. The molecule has 1 unspecified atom stereocenters. The standard InChI is InChI=1S/C16H20N2O2S/c1-12-8-9-15(17)10-16(12)21(19,20)18-11-13(2)14-6-4-3-5-7-14/h3-10,13,18H,11,17H2,1-2H3. The van der Waals surface area contributed by atoms with Crippen LogP contribution >= 0.6 is 0 Å². The van der Waals surface area contributed by atoms with Crippen LogP contribution in [-0.4, -0.2) is 15.0 Å². The lowest BCUT2D eigenvalue weighted by Crippen LogP contribution is -2.28. The van der Waals surface area contributed by atoms with Crippen LogP contribution in [0.1, 0.15) is 24.0 Å². The van der Waals surface area contributed by atoms with Crippen molar-refractivity contribution in [2.75, 3.05) is 12.3 Å². The topological polar surface area (TPSA) is 72.2 Å². The van der Waals surface area contributed by atoms with Gasteiger partial charge in [0.1, 0.15) is 0 Å². The van der Waals surface area contributed by atoms with Crippen molar-refractivity contribution in [3.05, 3.63) is 59.7 Å². The molecule has 0 aliphatic rings. The molecule has 0 fully saturated rings. The summed E-state index contributed by atoms with van der Waals surface area (Å²) in [4.78, 5) is 0.239. The first-order valence-electron chi connectivity index (χ1n) is 6.81. The quantitative estimate of drug-likeness (QED) is 0.834. The van der Waals surface area contributed by atoms with Crippen LogP contribution < -0.4 is 10.5 Å². The number of sulfonamides is 1. The third-order valence-corrected chi connectivity index (χ3v) is 5.02. The smallest absolute Gasteiger partial charge is 0.240 e. The van der Waals surface area contributed by atoms with Crippen LogP contribution in [0.15, 0.2) is 53.4 Å². The van der Waals surface area contributed by atoms with Crippen LogP contribution in [0.3, 0.4) is 0 Å². The molecule has 0 saturated heterocycles. The number of nitrogen functional groups attached to an aromatic ring is 1. The highest BCUT2D eigenvalue weighted by molar-refractivity contribution is 7.89. The number of nitrogens with one attached hydrogen (secondary N) is 1. The van der Waals surface area contributed by atoms with Crippen molar-refractivity contribution >= 4 is 15.7 Å². The van der Waals surface area contributed by atoms with Crippen LogP contribution in [0.4, 0.5) is 5.69 Å². The number of benzene rings is 2. The molecule has 0 amide bonds. The van der Waals surface area contributed by atoms with E-state index in [1.165, 1.54) is 6.07 Å². The van der Waals surface area contributed by atoms with Gasteiger partial charge >= 0.3 is 0 Å². The number of hydrogen-bond acceptors (Lipinski definition) is 3. The highest BCUT2D eigenvalue weighted by Gasteiger charge is 2.18. The van der Waals surface area contributed by atoms with Gasteiger partial charge in [-0.25, -0.2) is 13.1 Å². The summed E-state index contributed by atoms with van der Waals surface area (Å²) in [6.45, 7) is 4.10. The summed E-state index contributed by atoms with van der Waals surface area (Å²) in [5, 5.41) is 0. The van der Waals surface area contributed by atoms with E-state index in [0.29, 0.717) is 17.8 Å². The van der Waals surface area contributed by atoms with Crippen molar-refractivity contribution in [2.45, 2.75) is 24.7 Å². The average Bonchev–Trinajstić information content (AvgIpc) is 2.48. The predicted molar refractivity (Wildman–Crippen MR) is 85.6 cm³/mol. The number of anilines is 1. The molecule has 4 nitrogen and oxygen atoms in total. The average molecular weight is 304 g/mol. The molecule has 0 aromatic heterocycles. The van der Waals surface area contributed by atoms with Crippen LogP contribution in [0, 0.1) is 6.92 Å². The molecule has 2 aromatic rings. The van der Waals surface area contributed by atoms with E-state index in [-0.39, 0.29) is 10.8 Å². The van der Waals surface area contributed by atoms with Gasteiger partial charge in [0, 0.05) is 12.2 Å². The Morgan fingerprint density at radius 2 is 1.81 bits per heavy atom. The van der Waals surface area contributed by atoms with Gasteiger partial charge in [-0.1, -0.05) is 43.3 Å². The minimum Gasteiger partial charge on any atom is -0.399 e. The van der Waals surface area contributed by atoms with E-state index in [4.69, 9.17) is 5.73 Å². The van der Waals surface area contributed by atoms with Gasteiger partial charge in [-0.05, 0) is 36.1 Å². The largest absolute Gasteiger partial charge is 0.399 e. The maximum atomic E-state index is 12.4. The Bertz CT molecular complexity index is 712. The van der Waals surface area contributed by atoms with Gasteiger partial charge in [0.05, 0.1) is 4.90 Å². The normalized spacial score (nSPS) is 13.0. The van der Waals surface area contributed by atoms with E-state index in [0.717, 1.165) is 5.56 Å². The molecule has 1 atom stereocenters. The maximum Gasteiger partial charge on any atom is 0.240 e. The van der Waals surface area contributed by atoms with E-state index in [1.807, 2.05) is 37.3 Å². The van der Waals surface area contributed by atoms with E-state index in [9.17, 15) is 8.42 Å². The molecule has 0 bridgehead atoms. The lowest BCUT2D eigenvalue weighted by atomic mass is 10.0. The first kappa shape index (κ1) is 15.5. The Hall–Kier alpha value is -1.85. The van der Waals surface area contributed by atoms with Crippen molar-refractivity contribution < 1.29 is 8.42 Å². The molecule has 2 rings (SSSR count). The zero-order chi connectivity index (χ0) is 15.5. The van der Waals surface area contributed by atoms with Crippen molar-refractivity contribution in [1.29, 1.82) is 0 Å². The summed E-state index contributed by atoms with van der Waals surface area (Å²) < 4.78 is 27.4. The SMILES string of the molecule is Cc1ccc(N)cc1S(=O)(=O)NCC(C)c1ccccc1. The summed E-state index contributed by atoms with van der Waals surface area (Å²) in [5.41, 5.74) is 7.91. The molecule has 112 valence electrons. The minimum atomic E-state index is -3.55. The molecular formula is C16H20N2O2S. The lowest BCUT2D eigenvalue weighted by Gasteiger charge is -2.14. The second kappa shape index (κ2) is 6.28. The first-order chi connectivity index (χ1) is 9.90. The van der Waals surface area contributed by atoms with Crippen molar-refractivity contribution in [1.82, 2.24) is 4.72 Å². The van der Waals surface area contributed by atoms with Gasteiger partial charge in [0.2, 0.25) is 10.0 Å². The fourth-order valence-electron chi connectivity index (χ4n) is 2.12. The van der Waals surface area contributed by atoms with E-state index in [1.54, 1.807) is 19.1 Å². The Morgan fingerprint density at radius 3 is 2.48 bits per heavy atom. The lowest BCUT2D eigenvalue weighted by molar-refractivity contribution is 0.574. The number of hydrogen-bond donors (Lipinski definition) is 2. The molecule has 3 N–H and O–H groups in total. The minimum absolute atomic E-state index is 0.0994. The van der Waals surface area contributed by atoms with Gasteiger partial charge in [-0.3, -0.25) is 0 Å². The number of rotatable bonds is 5. The molecule has 5 heteroatoms. The Balaban J connectivity index is 2.13. The number of aryl methyl sites for hydroxylation is 1. The zero-order valence-electron chi connectivity index (χ0n) is 12.2. The van der Waals surface area contributed by atoms with Gasteiger partial charge in [-0.2, -0.15) is 0 Å². The Labute approximate surface area is 126 Å². The van der Waals surface area contributed by atoms with Crippen LogP contribution in [0.25, 0.3) is 0 Å². The number of nitrogens with two attached hydrogens (primary N) is 1. The van der Waals surface area contributed by atoms with Crippen LogP contribution in [0.2, 0.25) is 0 Å². The first-order valence-corrected chi connectivity index (χ1v) is 8.29. The molecule has 21 heavy (non-hydrogen) atoms. The molecule has 0 spiro atoms. The molecule has 2 aromatic carbocycles. The molecule has 0 aliphatic carbocycles. The van der Waals surface area contributed by atoms with Crippen molar-refractivity contribution in [3.8, 4) is 0 Å². The Morgan fingerprint density at radius 1 is 1.14 bits per heavy atom. The summed E-state index contributed by atoms with van der Waals surface area (Å²) in [6.07, 6.45) is 0. The van der Waals surface area contributed by atoms with Gasteiger partial charge in [0.15, 0.2) is 0 Å². The second-order valence-corrected chi connectivity index (χ2v) is 6.92. The molecule has 0 radical (unpaired) electrons. The van der Waals surface area contributed by atoms with Crippen molar-refractivity contribution in [3.63, 3.8) is 0 Å². The fourth-order valence-corrected chi connectivity index (χ4v) is 3.53. The summed E-state index contributed by atoms with van der Waals surface area (Å²) >= 11 is 0. The maximum absolute atomic E-state index is 12.4. The van der Waals surface area contributed by atoms with E-state index in [2.05, 4.69) is 4.72 Å². The van der Waals surface area contributed by atoms with E-state index >= 15 is 0 Å². The third kappa shape index (κ3) is 3.83. The monoisotopic (exact) mass is 304 g/mol. The molecular weight excluding hydrogens is 284 g/mol. The highest BCUT2D eigenvalue weighted by atomic mass is 32.2. The molecule has 0 saturated carbocycles. The van der Waals surface area contributed by atoms with Crippen molar-refractivity contribution in [2.24, 2.45) is 0 Å². The van der Waals surface area contributed by atoms with Gasteiger partial charge in [0.25, 0.3) is 0 Å². The van der Waals surface area contributed by atoms with Crippen LogP contribution in [0.5, 0.6) is 0 Å².